The van der Waals surface area contributed by atoms with Gasteiger partial charge in [0.25, 0.3) is 0 Å². The van der Waals surface area contributed by atoms with Gasteiger partial charge in [-0.05, 0) is 12.1 Å². The summed E-state index contributed by atoms with van der Waals surface area (Å²) in [6.45, 7) is 0.346. The van der Waals surface area contributed by atoms with Crippen LogP contribution < -0.4 is 4.90 Å². The van der Waals surface area contributed by atoms with E-state index >= 15 is 0 Å². The second-order valence-corrected chi connectivity index (χ2v) is 3.87. The number of hydrogen-bond acceptors (Lipinski definition) is 4. The Morgan fingerprint density at radius 1 is 1.50 bits per heavy atom. The number of oxazole rings is 1. The first-order valence-corrected chi connectivity index (χ1v) is 5.06. The molecule has 1 saturated heterocycles. The van der Waals surface area contributed by atoms with Crippen molar-refractivity contribution >= 4 is 22.7 Å². The SMILES string of the molecule is O=C1CC(O)CN1c1ccc2ncoc2c1. The molecule has 1 amide bonds. The molecule has 1 atom stereocenters. The molecular formula is C11H10N2O3. The average Bonchev–Trinajstić information content (AvgIpc) is 2.83. The summed E-state index contributed by atoms with van der Waals surface area (Å²) in [5, 5.41) is 9.41. The van der Waals surface area contributed by atoms with Gasteiger partial charge in [0.05, 0.1) is 19.1 Å². The minimum atomic E-state index is -0.571. The zero-order chi connectivity index (χ0) is 11.1. The van der Waals surface area contributed by atoms with Crippen LogP contribution in [0.3, 0.4) is 0 Å². The Bertz CT molecular complexity index is 549. The fourth-order valence-electron chi connectivity index (χ4n) is 1.95. The van der Waals surface area contributed by atoms with Crippen LogP contribution in [-0.2, 0) is 4.79 Å². The van der Waals surface area contributed by atoms with Crippen molar-refractivity contribution in [1.29, 1.82) is 0 Å². The quantitative estimate of drug-likeness (QED) is 0.773. The predicted molar refractivity (Wildman–Crippen MR) is 57.0 cm³/mol. The van der Waals surface area contributed by atoms with Crippen LogP contribution in [0.15, 0.2) is 29.0 Å². The maximum atomic E-state index is 11.6. The Balaban J connectivity index is 2.02. The van der Waals surface area contributed by atoms with Crippen LogP contribution in [0.25, 0.3) is 11.1 Å². The molecule has 3 rings (SSSR count). The van der Waals surface area contributed by atoms with Crippen molar-refractivity contribution in [1.82, 2.24) is 4.98 Å². The molecule has 1 aromatic carbocycles. The second-order valence-electron chi connectivity index (χ2n) is 3.87. The fraction of sp³-hybridized carbons (Fsp3) is 0.273. The van der Waals surface area contributed by atoms with Crippen LogP contribution in [-0.4, -0.2) is 28.6 Å². The van der Waals surface area contributed by atoms with Gasteiger partial charge in [0, 0.05) is 11.8 Å². The molecular weight excluding hydrogens is 208 g/mol. The lowest BCUT2D eigenvalue weighted by molar-refractivity contribution is -0.117. The molecule has 1 N–H and O–H groups in total. The number of hydrogen-bond donors (Lipinski definition) is 1. The van der Waals surface area contributed by atoms with Gasteiger partial charge in [-0.3, -0.25) is 4.79 Å². The van der Waals surface area contributed by atoms with Crippen molar-refractivity contribution in [3.63, 3.8) is 0 Å². The maximum absolute atomic E-state index is 11.6. The summed E-state index contributed by atoms with van der Waals surface area (Å²) in [6, 6.07) is 5.37. The topological polar surface area (TPSA) is 66.6 Å². The van der Waals surface area contributed by atoms with Crippen molar-refractivity contribution in [2.24, 2.45) is 0 Å². The average molecular weight is 218 g/mol. The van der Waals surface area contributed by atoms with Crippen molar-refractivity contribution in [3.8, 4) is 0 Å². The summed E-state index contributed by atoms with van der Waals surface area (Å²) in [6.07, 6.45) is 0.988. The highest BCUT2D eigenvalue weighted by Gasteiger charge is 2.29. The summed E-state index contributed by atoms with van der Waals surface area (Å²) >= 11 is 0. The Labute approximate surface area is 91.3 Å². The number of aliphatic hydroxyl groups excluding tert-OH is 1. The summed E-state index contributed by atoms with van der Waals surface area (Å²) in [5.41, 5.74) is 2.15. The van der Waals surface area contributed by atoms with Crippen LogP contribution in [0, 0.1) is 0 Å². The third-order valence-corrected chi connectivity index (χ3v) is 2.73. The van der Waals surface area contributed by atoms with Gasteiger partial charge < -0.3 is 14.4 Å². The van der Waals surface area contributed by atoms with E-state index in [4.69, 9.17) is 4.42 Å². The third kappa shape index (κ3) is 1.37. The molecule has 2 heterocycles. The molecule has 1 aromatic heterocycles. The number of β-amino-alcohol motifs (C(OH)–C–C–N with tert-alkyl or cyclic N) is 1. The lowest BCUT2D eigenvalue weighted by Crippen LogP contribution is -2.25. The van der Waals surface area contributed by atoms with E-state index in [0.29, 0.717) is 12.1 Å². The van der Waals surface area contributed by atoms with E-state index in [0.717, 1.165) is 11.2 Å². The van der Waals surface area contributed by atoms with E-state index in [2.05, 4.69) is 4.98 Å². The third-order valence-electron chi connectivity index (χ3n) is 2.73. The number of aromatic nitrogens is 1. The minimum absolute atomic E-state index is 0.0636. The summed E-state index contributed by atoms with van der Waals surface area (Å²) < 4.78 is 5.17. The summed E-state index contributed by atoms with van der Waals surface area (Å²) in [5.74, 6) is -0.0636. The largest absolute Gasteiger partial charge is 0.443 e. The number of anilines is 1. The molecule has 5 nitrogen and oxygen atoms in total. The van der Waals surface area contributed by atoms with Crippen LogP contribution in [0.5, 0.6) is 0 Å². The van der Waals surface area contributed by atoms with E-state index in [1.807, 2.05) is 0 Å². The molecule has 0 aliphatic carbocycles. The minimum Gasteiger partial charge on any atom is -0.443 e. The lowest BCUT2D eigenvalue weighted by atomic mass is 10.2. The Morgan fingerprint density at radius 2 is 2.38 bits per heavy atom. The molecule has 1 unspecified atom stereocenters. The van der Waals surface area contributed by atoms with Crippen molar-refractivity contribution in [3.05, 3.63) is 24.6 Å². The molecule has 2 aromatic rings. The highest BCUT2D eigenvalue weighted by atomic mass is 16.3. The molecule has 0 radical (unpaired) electrons. The normalized spacial score (nSPS) is 20.9. The Hall–Kier alpha value is -1.88. The molecule has 1 aliphatic heterocycles. The second kappa shape index (κ2) is 3.31. The van der Waals surface area contributed by atoms with Crippen LogP contribution in [0.4, 0.5) is 5.69 Å². The molecule has 0 bridgehead atoms. The van der Waals surface area contributed by atoms with E-state index in [-0.39, 0.29) is 12.3 Å². The van der Waals surface area contributed by atoms with Gasteiger partial charge in [-0.15, -0.1) is 0 Å². The summed E-state index contributed by atoms with van der Waals surface area (Å²) in [4.78, 5) is 17.1. The first-order chi connectivity index (χ1) is 7.74. The van der Waals surface area contributed by atoms with Crippen LogP contribution >= 0.6 is 0 Å². The maximum Gasteiger partial charge on any atom is 0.229 e. The molecule has 1 fully saturated rings. The van der Waals surface area contributed by atoms with Gasteiger partial charge in [0.15, 0.2) is 12.0 Å². The Morgan fingerprint density at radius 3 is 3.12 bits per heavy atom. The monoisotopic (exact) mass is 218 g/mol. The highest BCUT2D eigenvalue weighted by molar-refractivity contribution is 5.97. The van der Waals surface area contributed by atoms with Crippen molar-refractivity contribution in [2.75, 3.05) is 11.4 Å². The number of carbonyl (C=O) groups excluding carboxylic acids is 1. The van der Waals surface area contributed by atoms with Crippen LogP contribution in [0.1, 0.15) is 6.42 Å². The number of benzene rings is 1. The van der Waals surface area contributed by atoms with Crippen molar-refractivity contribution < 1.29 is 14.3 Å². The molecule has 0 saturated carbocycles. The number of fused-ring (bicyclic) bond motifs is 1. The van der Waals surface area contributed by atoms with Crippen molar-refractivity contribution in [2.45, 2.75) is 12.5 Å². The predicted octanol–water partition coefficient (Wildman–Crippen LogP) is 0.925. The highest BCUT2D eigenvalue weighted by Crippen LogP contribution is 2.25. The number of rotatable bonds is 1. The van der Waals surface area contributed by atoms with Gasteiger partial charge in [-0.1, -0.05) is 0 Å². The van der Waals surface area contributed by atoms with Gasteiger partial charge >= 0.3 is 0 Å². The van der Waals surface area contributed by atoms with Gasteiger partial charge in [0.1, 0.15) is 5.52 Å². The number of nitrogens with zero attached hydrogens (tertiary/aromatic N) is 2. The smallest absolute Gasteiger partial charge is 0.229 e. The lowest BCUT2D eigenvalue weighted by Gasteiger charge is -2.15. The number of aliphatic hydroxyl groups is 1. The first kappa shape index (κ1) is 9.35. The van der Waals surface area contributed by atoms with E-state index in [1.165, 1.54) is 6.39 Å². The standard InChI is InChI=1S/C11H10N2O3/c14-8-4-11(15)13(5-8)7-1-2-9-10(3-7)16-6-12-9/h1-3,6,8,14H,4-5H2. The Kier molecular flexibility index (Phi) is 1.94. The van der Waals surface area contributed by atoms with Crippen LogP contribution in [0.2, 0.25) is 0 Å². The fourth-order valence-corrected chi connectivity index (χ4v) is 1.95. The molecule has 0 spiro atoms. The molecule has 16 heavy (non-hydrogen) atoms. The van der Waals surface area contributed by atoms with E-state index in [9.17, 15) is 9.90 Å². The van der Waals surface area contributed by atoms with Gasteiger partial charge in [-0.25, -0.2) is 4.98 Å². The summed E-state index contributed by atoms with van der Waals surface area (Å²) in [7, 11) is 0. The zero-order valence-corrected chi connectivity index (χ0v) is 8.46. The molecule has 82 valence electrons. The van der Waals surface area contributed by atoms with Gasteiger partial charge in [0.2, 0.25) is 5.91 Å². The number of carbonyl (C=O) groups is 1. The van der Waals surface area contributed by atoms with E-state index < -0.39 is 6.10 Å². The zero-order valence-electron chi connectivity index (χ0n) is 8.46. The van der Waals surface area contributed by atoms with E-state index in [1.54, 1.807) is 23.1 Å². The number of amides is 1. The van der Waals surface area contributed by atoms with Gasteiger partial charge in [-0.2, -0.15) is 0 Å². The molecule has 1 aliphatic rings. The first-order valence-electron chi connectivity index (χ1n) is 5.06. The molecule has 5 heteroatoms.